The van der Waals surface area contributed by atoms with E-state index in [-0.39, 0.29) is 43.5 Å². The van der Waals surface area contributed by atoms with Gasteiger partial charge in [-0.15, -0.1) is 0 Å². The van der Waals surface area contributed by atoms with E-state index in [0.717, 1.165) is 22.4 Å². The number of aliphatic carboxylic acids is 1. The van der Waals surface area contributed by atoms with Gasteiger partial charge in [0.2, 0.25) is 17.7 Å². The summed E-state index contributed by atoms with van der Waals surface area (Å²) >= 11 is 0. The van der Waals surface area contributed by atoms with E-state index in [1.54, 1.807) is 18.7 Å². The predicted molar refractivity (Wildman–Crippen MR) is 162 cm³/mol. The van der Waals surface area contributed by atoms with Crippen LogP contribution in [0.15, 0.2) is 48.5 Å². The first-order valence-corrected chi connectivity index (χ1v) is 14.4. The number of carboxylic acid groups (broad SMARTS) is 1. The molecule has 0 saturated heterocycles. The number of primary amides is 1. The molecule has 5 amide bonds. The van der Waals surface area contributed by atoms with Gasteiger partial charge in [0.15, 0.2) is 0 Å². The molecule has 0 fully saturated rings. The number of carbonyl (C=O) groups excluding carboxylic acids is 4. The summed E-state index contributed by atoms with van der Waals surface area (Å²) in [7, 11) is 0. The highest BCUT2D eigenvalue weighted by atomic mass is 16.4. The van der Waals surface area contributed by atoms with Crippen LogP contribution in [0.3, 0.4) is 0 Å². The number of carboxylic acids is 1. The molecule has 0 saturated carbocycles. The summed E-state index contributed by atoms with van der Waals surface area (Å²) in [5, 5.41) is 17.0. The number of unbranched alkanes of at least 4 members (excludes halogenated alkanes) is 1. The SMILES string of the molecule is CC(C)[C@H](NC(=O)CCCCC(=O)N1Cc2ccccc2C#Cc2ccccc21)C(=O)N[C@@H](CCCNC(N)=O)C(=O)O. The van der Waals surface area contributed by atoms with Crippen molar-refractivity contribution in [3.8, 4) is 11.8 Å². The molecule has 2 aromatic carbocycles. The molecule has 228 valence electrons. The zero-order chi connectivity index (χ0) is 31.4. The summed E-state index contributed by atoms with van der Waals surface area (Å²) in [5.74, 6) is 3.82. The quantitative estimate of drug-likeness (QED) is 0.167. The van der Waals surface area contributed by atoms with Crippen molar-refractivity contribution >= 4 is 35.4 Å². The van der Waals surface area contributed by atoms with E-state index in [1.807, 2.05) is 48.5 Å². The van der Waals surface area contributed by atoms with Gasteiger partial charge >= 0.3 is 12.0 Å². The number of fused-ring (bicyclic) bond motifs is 2. The van der Waals surface area contributed by atoms with Crippen molar-refractivity contribution < 1.29 is 29.1 Å². The number of hydrogen-bond donors (Lipinski definition) is 5. The van der Waals surface area contributed by atoms with E-state index >= 15 is 0 Å². The third-order valence-electron chi connectivity index (χ3n) is 7.07. The van der Waals surface area contributed by atoms with Gasteiger partial charge in [-0.25, -0.2) is 9.59 Å². The van der Waals surface area contributed by atoms with Crippen molar-refractivity contribution in [1.82, 2.24) is 16.0 Å². The van der Waals surface area contributed by atoms with Crippen LogP contribution in [0.1, 0.15) is 69.1 Å². The van der Waals surface area contributed by atoms with E-state index in [2.05, 4.69) is 27.8 Å². The number of nitrogens with zero attached hydrogens (tertiary/aromatic N) is 1. The molecule has 0 radical (unpaired) electrons. The van der Waals surface area contributed by atoms with Crippen molar-refractivity contribution in [1.29, 1.82) is 0 Å². The molecule has 1 heterocycles. The van der Waals surface area contributed by atoms with E-state index in [9.17, 15) is 29.1 Å². The molecule has 6 N–H and O–H groups in total. The Bertz CT molecular complexity index is 1400. The first-order chi connectivity index (χ1) is 20.6. The normalized spacial score (nSPS) is 13.1. The topological polar surface area (TPSA) is 171 Å². The molecule has 0 bridgehead atoms. The number of urea groups is 1. The molecule has 1 aliphatic rings. The smallest absolute Gasteiger partial charge is 0.326 e. The first-order valence-electron chi connectivity index (χ1n) is 14.4. The summed E-state index contributed by atoms with van der Waals surface area (Å²) < 4.78 is 0. The summed E-state index contributed by atoms with van der Waals surface area (Å²) in [6.45, 7) is 4.07. The van der Waals surface area contributed by atoms with Crippen LogP contribution in [0.4, 0.5) is 10.5 Å². The van der Waals surface area contributed by atoms with E-state index in [0.29, 0.717) is 25.8 Å². The van der Waals surface area contributed by atoms with Crippen LogP contribution in [-0.2, 0) is 25.7 Å². The minimum Gasteiger partial charge on any atom is -0.480 e. The third kappa shape index (κ3) is 9.88. The minimum atomic E-state index is -1.22. The fourth-order valence-electron chi connectivity index (χ4n) is 4.72. The van der Waals surface area contributed by atoms with Crippen LogP contribution in [0.25, 0.3) is 0 Å². The predicted octanol–water partition coefficient (Wildman–Crippen LogP) is 2.65. The number of benzene rings is 2. The Labute approximate surface area is 251 Å². The van der Waals surface area contributed by atoms with Crippen LogP contribution >= 0.6 is 0 Å². The number of anilines is 1. The van der Waals surface area contributed by atoms with Crippen molar-refractivity contribution in [2.45, 2.75) is 71.0 Å². The van der Waals surface area contributed by atoms with Crippen molar-refractivity contribution in [2.75, 3.05) is 11.4 Å². The maximum absolute atomic E-state index is 13.4. The van der Waals surface area contributed by atoms with E-state index in [1.165, 1.54) is 0 Å². The molecule has 11 nitrogen and oxygen atoms in total. The molecule has 0 spiro atoms. The maximum atomic E-state index is 13.4. The number of carbonyl (C=O) groups is 5. The van der Waals surface area contributed by atoms with Crippen molar-refractivity contribution in [3.63, 3.8) is 0 Å². The maximum Gasteiger partial charge on any atom is 0.326 e. The zero-order valence-electron chi connectivity index (χ0n) is 24.5. The Morgan fingerprint density at radius 2 is 1.56 bits per heavy atom. The summed E-state index contributed by atoms with van der Waals surface area (Å²) in [6, 6.07) is 12.4. The highest BCUT2D eigenvalue weighted by Crippen LogP contribution is 2.26. The van der Waals surface area contributed by atoms with Gasteiger partial charge in [0.05, 0.1) is 12.2 Å². The molecule has 0 unspecified atom stereocenters. The summed E-state index contributed by atoms with van der Waals surface area (Å²) in [5.41, 5.74) is 8.37. The van der Waals surface area contributed by atoms with Crippen molar-refractivity contribution in [2.24, 2.45) is 11.7 Å². The second kappa shape index (κ2) is 16.0. The second-order valence-corrected chi connectivity index (χ2v) is 10.7. The Morgan fingerprint density at radius 3 is 2.26 bits per heavy atom. The standard InChI is InChI=1S/C32H39N5O6/c1-21(2)29(30(40)35-25(31(41)42)13-9-19-34-32(33)43)36-27(38)15-7-8-16-28(39)37-20-24-12-4-3-10-22(24)17-18-23-11-5-6-14-26(23)37/h3-6,10-12,14,21,25,29H,7-9,13,15-16,19-20H2,1-2H3,(H,35,40)(H,36,38)(H,41,42)(H3,33,34,43)/t25-,29-/m0/s1. The lowest BCUT2D eigenvalue weighted by Gasteiger charge is -2.26. The molecular weight excluding hydrogens is 550 g/mol. The lowest BCUT2D eigenvalue weighted by atomic mass is 10.0. The van der Waals surface area contributed by atoms with Gasteiger partial charge in [0, 0.05) is 30.5 Å². The van der Waals surface area contributed by atoms with E-state index in [4.69, 9.17) is 5.73 Å². The van der Waals surface area contributed by atoms with Crippen LogP contribution < -0.4 is 26.6 Å². The van der Waals surface area contributed by atoms with Crippen LogP contribution in [0.5, 0.6) is 0 Å². The van der Waals surface area contributed by atoms with Gasteiger partial charge in [0.1, 0.15) is 12.1 Å². The average molecular weight is 590 g/mol. The van der Waals surface area contributed by atoms with Gasteiger partial charge in [-0.05, 0) is 55.4 Å². The lowest BCUT2D eigenvalue weighted by molar-refractivity contribution is -0.142. The summed E-state index contributed by atoms with van der Waals surface area (Å²) in [4.78, 5) is 63.1. The number of hydrogen-bond acceptors (Lipinski definition) is 5. The van der Waals surface area contributed by atoms with Gasteiger partial charge < -0.3 is 31.7 Å². The largest absolute Gasteiger partial charge is 0.480 e. The Morgan fingerprint density at radius 1 is 0.907 bits per heavy atom. The fourth-order valence-corrected chi connectivity index (χ4v) is 4.72. The number of para-hydroxylation sites is 1. The number of amides is 5. The van der Waals surface area contributed by atoms with Gasteiger partial charge in [-0.3, -0.25) is 14.4 Å². The fraction of sp³-hybridized carbons (Fsp3) is 0.406. The molecule has 0 aromatic heterocycles. The van der Waals surface area contributed by atoms with Gasteiger partial charge in [0.25, 0.3) is 0 Å². The van der Waals surface area contributed by atoms with Crippen molar-refractivity contribution in [3.05, 3.63) is 65.2 Å². The van der Waals surface area contributed by atoms with Gasteiger partial charge in [-0.2, -0.15) is 0 Å². The second-order valence-electron chi connectivity index (χ2n) is 10.7. The highest BCUT2D eigenvalue weighted by Gasteiger charge is 2.28. The molecule has 2 atom stereocenters. The van der Waals surface area contributed by atoms with Crippen LogP contribution in [-0.4, -0.2) is 53.5 Å². The van der Waals surface area contributed by atoms with E-state index < -0.39 is 30.0 Å². The highest BCUT2D eigenvalue weighted by molar-refractivity contribution is 5.95. The average Bonchev–Trinajstić information content (AvgIpc) is 2.96. The molecule has 43 heavy (non-hydrogen) atoms. The van der Waals surface area contributed by atoms with Gasteiger partial charge in [-0.1, -0.05) is 56.0 Å². The number of nitrogens with one attached hydrogen (secondary N) is 3. The first kappa shape index (κ1) is 32.7. The molecule has 3 rings (SSSR count). The molecule has 0 aliphatic carbocycles. The molecule has 1 aliphatic heterocycles. The lowest BCUT2D eigenvalue weighted by Crippen LogP contribution is -2.53. The molecule has 11 heteroatoms. The molecular formula is C32H39N5O6. The monoisotopic (exact) mass is 589 g/mol. The minimum absolute atomic E-state index is 0.0727. The Balaban J connectivity index is 1.52. The third-order valence-corrected chi connectivity index (χ3v) is 7.07. The van der Waals surface area contributed by atoms with Crippen LogP contribution in [0.2, 0.25) is 0 Å². The Hall–Kier alpha value is -4.85. The van der Waals surface area contributed by atoms with Crippen LogP contribution in [0, 0.1) is 17.8 Å². The molecule has 2 aromatic rings. The number of rotatable bonds is 14. The number of nitrogens with two attached hydrogens (primary N) is 1. The zero-order valence-corrected chi connectivity index (χ0v) is 24.5. The Kier molecular flexibility index (Phi) is 12.1. The summed E-state index contributed by atoms with van der Waals surface area (Å²) in [6.07, 6.45) is 1.61.